The molecule has 0 atom stereocenters. The number of benzene rings is 1. The number of thiophene rings is 1. The number of ether oxygens (including phenoxy) is 1. The third-order valence-corrected chi connectivity index (χ3v) is 4.40. The summed E-state index contributed by atoms with van der Waals surface area (Å²) in [5.74, 6) is -0.984. The zero-order chi connectivity index (χ0) is 18.8. The Morgan fingerprint density at radius 1 is 1.12 bits per heavy atom. The Morgan fingerprint density at radius 2 is 1.80 bits per heavy atom. The average Bonchev–Trinajstić information content (AvgIpc) is 2.80. The monoisotopic (exact) mass is 364 g/mol. The first-order valence-electron chi connectivity index (χ1n) is 7.73. The van der Waals surface area contributed by atoms with Crippen LogP contribution in [0.5, 0.6) is 0 Å². The van der Waals surface area contributed by atoms with Crippen molar-refractivity contribution in [1.82, 2.24) is 0 Å². The van der Waals surface area contributed by atoms with Gasteiger partial charge < -0.3 is 10.1 Å². The molecule has 0 unspecified atom stereocenters. The number of aryl methyl sites for hydroxylation is 2. The van der Waals surface area contributed by atoms with Crippen molar-refractivity contribution in [3.05, 3.63) is 45.4 Å². The van der Waals surface area contributed by atoms with E-state index < -0.39 is 23.4 Å². The lowest BCUT2D eigenvalue weighted by Gasteiger charge is -2.19. The van der Waals surface area contributed by atoms with Gasteiger partial charge in [0, 0.05) is 10.6 Å². The molecule has 134 valence electrons. The fourth-order valence-corrected chi connectivity index (χ4v) is 2.92. The van der Waals surface area contributed by atoms with Crippen molar-refractivity contribution in [3.63, 3.8) is 0 Å². The molecular formula is C18H21FN2O3S. The molecule has 0 saturated carbocycles. The predicted octanol–water partition coefficient (Wildman–Crippen LogP) is 5.10. The van der Waals surface area contributed by atoms with Gasteiger partial charge >= 0.3 is 6.09 Å². The maximum Gasteiger partial charge on any atom is 0.412 e. The Balaban J connectivity index is 2.13. The van der Waals surface area contributed by atoms with Gasteiger partial charge in [0.2, 0.25) is 0 Å². The fraction of sp³-hybridized carbons (Fsp3) is 0.333. The van der Waals surface area contributed by atoms with Gasteiger partial charge in [-0.1, -0.05) is 0 Å². The van der Waals surface area contributed by atoms with E-state index in [1.165, 1.54) is 29.5 Å². The van der Waals surface area contributed by atoms with Crippen LogP contribution in [0.25, 0.3) is 0 Å². The van der Waals surface area contributed by atoms with Crippen molar-refractivity contribution in [2.24, 2.45) is 0 Å². The smallest absolute Gasteiger partial charge is 0.412 e. The van der Waals surface area contributed by atoms with Gasteiger partial charge in [-0.3, -0.25) is 10.1 Å². The first kappa shape index (κ1) is 18.9. The molecule has 0 bridgehead atoms. The number of hydrogen-bond donors (Lipinski definition) is 2. The van der Waals surface area contributed by atoms with Crippen LogP contribution in [0.2, 0.25) is 0 Å². The van der Waals surface area contributed by atoms with Gasteiger partial charge in [0.25, 0.3) is 5.91 Å². The van der Waals surface area contributed by atoms with Crippen molar-refractivity contribution in [3.8, 4) is 0 Å². The largest absolute Gasteiger partial charge is 0.444 e. The minimum atomic E-state index is -0.652. The first-order chi connectivity index (χ1) is 11.5. The topological polar surface area (TPSA) is 67.4 Å². The van der Waals surface area contributed by atoms with Gasteiger partial charge in [-0.2, -0.15) is 0 Å². The van der Waals surface area contributed by atoms with E-state index in [4.69, 9.17) is 4.74 Å². The third kappa shape index (κ3) is 5.29. The molecule has 0 radical (unpaired) electrons. The van der Waals surface area contributed by atoms with Crippen molar-refractivity contribution in [2.75, 3.05) is 10.6 Å². The molecule has 0 aliphatic carbocycles. The zero-order valence-corrected chi connectivity index (χ0v) is 15.6. The van der Waals surface area contributed by atoms with E-state index in [2.05, 4.69) is 10.6 Å². The highest BCUT2D eigenvalue weighted by molar-refractivity contribution is 7.14. The van der Waals surface area contributed by atoms with Gasteiger partial charge in [-0.25, -0.2) is 9.18 Å². The summed E-state index contributed by atoms with van der Waals surface area (Å²) in [4.78, 5) is 25.6. The van der Waals surface area contributed by atoms with E-state index >= 15 is 0 Å². The maximum atomic E-state index is 14.0. The molecule has 1 aromatic heterocycles. The average molecular weight is 364 g/mol. The number of carbonyl (C=O) groups is 2. The molecule has 0 saturated heterocycles. The summed E-state index contributed by atoms with van der Waals surface area (Å²) in [6.45, 7) is 9.06. The summed E-state index contributed by atoms with van der Waals surface area (Å²) in [6, 6.07) is 5.68. The molecule has 0 fully saturated rings. The number of hydrogen-bond acceptors (Lipinski definition) is 4. The second-order valence-electron chi connectivity index (χ2n) is 6.63. The Kier molecular flexibility index (Phi) is 5.47. The lowest BCUT2D eigenvalue weighted by atomic mass is 10.2. The second-order valence-corrected chi connectivity index (χ2v) is 7.88. The molecule has 0 spiro atoms. The van der Waals surface area contributed by atoms with Crippen LogP contribution >= 0.6 is 11.3 Å². The molecule has 0 aliphatic heterocycles. The van der Waals surface area contributed by atoms with E-state index in [0.717, 1.165) is 10.4 Å². The summed E-state index contributed by atoms with van der Waals surface area (Å²) in [6.07, 6.45) is -0.652. The van der Waals surface area contributed by atoms with Gasteiger partial charge in [0.15, 0.2) is 0 Å². The Hall–Kier alpha value is -2.41. The molecule has 1 heterocycles. The molecule has 2 rings (SSSR count). The number of carbonyl (C=O) groups excluding carboxylic acids is 2. The highest BCUT2D eigenvalue weighted by Gasteiger charge is 2.17. The lowest BCUT2D eigenvalue weighted by Crippen LogP contribution is -2.27. The molecule has 25 heavy (non-hydrogen) atoms. The van der Waals surface area contributed by atoms with Crippen molar-refractivity contribution >= 4 is 34.7 Å². The highest BCUT2D eigenvalue weighted by atomic mass is 32.1. The molecule has 1 aromatic carbocycles. The summed E-state index contributed by atoms with van der Waals surface area (Å²) in [5.41, 5.74) is 0.679. The second kappa shape index (κ2) is 7.23. The van der Waals surface area contributed by atoms with Gasteiger partial charge in [0.05, 0.1) is 10.6 Å². The van der Waals surface area contributed by atoms with E-state index in [9.17, 15) is 14.0 Å². The summed E-state index contributed by atoms with van der Waals surface area (Å²) in [5, 5.41) is 5.05. The molecule has 2 N–H and O–H groups in total. The van der Waals surface area contributed by atoms with Crippen molar-refractivity contribution in [2.45, 2.75) is 40.2 Å². The molecule has 7 heteroatoms. The lowest BCUT2D eigenvalue weighted by molar-refractivity contribution is 0.0636. The van der Waals surface area contributed by atoms with E-state index in [1.54, 1.807) is 26.8 Å². The Bertz CT molecular complexity index is 790. The molecule has 2 amide bonds. The number of halogens is 1. The molecular weight excluding hydrogens is 343 g/mol. The van der Waals surface area contributed by atoms with Crippen LogP contribution in [0.3, 0.4) is 0 Å². The van der Waals surface area contributed by atoms with Crippen molar-refractivity contribution < 1.29 is 18.7 Å². The normalized spacial score (nSPS) is 11.1. The molecule has 2 aromatic rings. The van der Waals surface area contributed by atoms with Gasteiger partial charge in [-0.05, 0) is 64.4 Å². The number of anilines is 2. The maximum absolute atomic E-state index is 14.0. The first-order valence-corrected chi connectivity index (χ1v) is 8.55. The van der Waals surface area contributed by atoms with Crippen LogP contribution in [0.4, 0.5) is 20.6 Å². The number of amides is 2. The minimum absolute atomic E-state index is 0.0118. The summed E-state index contributed by atoms with van der Waals surface area (Å²) < 4.78 is 19.1. The van der Waals surface area contributed by atoms with Crippen LogP contribution in [-0.2, 0) is 4.74 Å². The minimum Gasteiger partial charge on any atom is -0.444 e. The van der Waals surface area contributed by atoms with Crippen LogP contribution in [-0.4, -0.2) is 17.6 Å². The third-order valence-electron chi connectivity index (χ3n) is 3.25. The van der Waals surface area contributed by atoms with E-state index in [-0.39, 0.29) is 5.69 Å². The van der Waals surface area contributed by atoms with Crippen LogP contribution in [0, 0.1) is 19.7 Å². The number of nitrogens with one attached hydrogen (secondary N) is 2. The van der Waals surface area contributed by atoms with Crippen LogP contribution in [0.15, 0.2) is 24.3 Å². The van der Waals surface area contributed by atoms with Gasteiger partial charge in [0.1, 0.15) is 11.4 Å². The van der Waals surface area contributed by atoms with Gasteiger partial charge in [-0.15, -0.1) is 11.3 Å². The SMILES string of the molecule is Cc1cc(C(=O)Nc2cc(NC(=O)OC(C)(C)C)ccc2F)sc1C. The molecule has 0 aliphatic rings. The predicted molar refractivity (Wildman–Crippen MR) is 98.0 cm³/mol. The standard InChI is InChI=1S/C18H21FN2O3S/c1-10-8-15(25-11(10)2)16(22)21-14-9-12(6-7-13(14)19)20-17(23)24-18(3,4)5/h6-9H,1-5H3,(H,20,23)(H,21,22). The van der Waals surface area contributed by atoms with Crippen LogP contribution < -0.4 is 10.6 Å². The highest BCUT2D eigenvalue weighted by Crippen LogP contribution is 2.24. The molecule has 5 nitrogen and oxygen atoms in total. The summed E-state index contributed by atoms with van der Waals surface area (Å²) in [7, 11) is 0. The van der Waals surface area contributed by atoms with E-state index in [0.29, 0.717) is 10.6 Å². The Morgan fingerprint density at radius 3 is 2.36 bits per heavy atom. The quantitative estimate of drug-likeness (QED) is 0.796. The van der Waals surface area contributed by atoms with E-state index in [1.807, 2.05) is 13.8 Å². The van der Waals surface area contributed by atoms with Crippen LogP contribution in [0.1, 0.15) is 40.9 Å². The zero-order valence-electron chi connectivity index (χ0n) is 14.8. The summed E-state index contributed by atoms with van der Waals surface area (Å²) >= 11 is 1.34. The fourth-order valence-electron chi connectivity index (χ4n) is 1.99. The van der Waals surface area contributed by atoms with Crippen molar-refractivity contribution in [1.29, 1.82) is 0 Å². The number of rotatable bonds is 3. The Labute approximate surface area is 150 Å².